The lowest BCUT2D eigenvalue weighted by atomic mass is 9.80. The van der Waals surface area contributed by atoms with Gasteiger partial charge in [0.2, 0.25) is 0 Å². The fourth-order valence-electron chi connectivity index (χ4n) is 10.3. The van der Waals surface area contributed by atoms with E-state index in [-0.39, 0.29) is 6.04 Å². The van der Waals surface area contributed by atoms with E-state index in [2.05, 4.69) is 149 Å². The number of fused-ring (bicyclic) bond motifs is 5. The van der Waals surface area contributed by atoms with Gasteiger partial charge in [-0.2, -0.15) is 0 Å². The second-order valence-electron chi connectivity index (χ2n) is 15.2. The third-order valence-corrected chi connectivity index (χ3v) is 12.5. The molecule has 3 aromatic carbocycles. The number of anilines is 2. The maximum absolute atomic E-state index is 5.28. The van der Waals surface area contributed by atoms with Crippen LogP contribution >= 0.6 is 0 Å². The minimum Gasteiger partial charge on any atom is -0.358 e. The smallest absolute Gasteiger partial charge is 0.133 e. The van der Waals surface area contributed by atoms with Crippen molar-refractivity contribution in [3.8, 4) is 0 Å². The predicted octanol–water partition coefficient (Wildman–Crippen LogP) is 10.1. The molecule has 2 fully saturated rings. The molecule has 3 aromatic rings. The van der Waals surface area contributed by atoms with Crippen molar-refractivity contribution in [3.63, 3.8) is 0 Å². The first kappa shape index (κ1) is 30.0. The van der Waals surface area contributed by atoms with E-state index in [0.29, 0.717) is 35.9 Å². The van der Waals surface area contributed by atoms with E-state index in [4.69, 9.17) is 4.99 Å². The van der Waals surface area contributed by atoms with Crippen molar-refractivity contribution in [2.24, 2.45) is 22.7 Å². The van der Waals surface area contributed by atoms with Gasteiger partial charge in [0.1, 0.15) is 5.84 Å². The number of rotatable bonds is 5. The summed E-state index contributed by atoms with van der Waals surface area (Å²) >= 11 is 0. The molecule has 4 aliphatic carbocycles. The van der Waals surface area contributed by atoms with Gasteiger partial charge >= 0.3 is 0 Å². The molecule has 50 heavy (non-hydrogen) atoms. The molecular formula is C46H46N4. The fourth-order valence-corrected chi connectivity index (χ4v) is 10.3. The number of benzene rings is 3. The first-order valence-corrected chi connectivity index (χ1v) is 19.1. The Morgan fingerprint density at radius 1 is 0.720 bits per heavy atom. The summed E-state index contributed by atoms with van der Waals surface area (Å²) in [5.41, 5.74) is 10.5. The zero-order valence-electron chi connectivity index (χ0n) is 28.7. The number of nitrogens with zero attached hydrogens (tertiary/aromatic N) is 3. The molecule has 0 spiro atoms. The van der Waals surface area contributed by atoms with Gasteiger partial charge in [0, 0.05) is 51.8 Å². The molecule has 1 N–H and O–H groups in total. The number of hydrogen-bond acceptors (Lipinski definition) is 4. The zero-order chi connectivity index (χ0) is 33.0. The lowest BCUT2D eigenvalue weighted by molar-refractivity contribution is 0.358. The zero-order valence-corrected chi connectivity index (χ0v) is 28.7. The highest BCUT2D eigenvalue weighted by Gasteiger charge is 2.47. The Hall–Kier alpha value is -4.83. The van der Waals surface area contributed by atoms with Gasteiger partial charge in [-0.25, -0.2) is 0 Å². The van der Waals surface area contributed by atoms with Gasteiger partial charge in [0.05, 0.1) is 18.1 Å². The lowest BCUT2D eigenvalue weighted by Gasteiger charge is -2.37. The van der Waals surface area contributed by atoms with Crippen LogP contribution in [0, 0.1) is 17.8 Å². The standard InChI is InChI=1S/C46H46N4/c1-3-15-31(16-4-1)40-30-41(48-46(47-40)32-17-5-2-6-18-32)33-27-34(49-42-23-11-7-19-36(42)37-20-8-12-24-43(37)49)29-35(28-33)50-44-25-13-9-21-38(44)39-22-10-14-26-45(39)50/h1-7,11-13,15-19,23-25,27-30,36-37,39-40,42-43,45H,8-10,14,20-22,26H2,(H,47,48). The van der Waals surface area contributed by atoms with E-state index in [9.17, 15) is 0 Å². The number of nitrogens with one attached hydrogen (secondary N) is 1. The molecule has 0 aromatic heterocycles. The average molecular weight is 655 g/mol. The fraction of sp³-hybridized carbons (Fsp3) is 0.326. The molecule has 250 valence electrons. The number of allylic oxidation sites excluding steroid dienone is 5. The van der Waals surface area contributed by atoms with Gasteiger partial charge in [-0.15, -0.1) is 0 Å². The first-order valence-electron chi connectivity index (χ1n) is 19.1. The Bertz CT molecular complexity index is 2000. The Kier molecular flexibility index (Phi) is 7.50. The first-order chi connectivity index (χ1) is 24.8. The van der Waals surface area contributed by atoms with E-state index in [1.807, 2.05) is 0 Å². The molecule has 1 saturated carbocycles. The Morgan fingerprint density at radius 3 is 2.44 bits per heavy atom. The van der Waals surface area contributed by atoms with Crippen LogP contribution < -0.4 is 15.1 Å². The molecule has 3 aliphatic heterocycles. The highest BCUT2D eigenvalue weighted by atomic mass is 15.2. The summed E-state index contributed by atoms with van der Waals surface area (Å²) in [5.74, 6) is 2.78. The summed E-state index contributed by atoms with van der Waals surface area (Å²) in [5, 5.41) is 3.86. The maximum Gasteiger partial charge on any atom is 0.133 e. The third-order valence-electron chi connectivity index (χ3n) is 12.5. The Labute approximate surface area is 297 Å². The third kappa shape index (κ3) is 5.06. The summed E-state index contributed by atoms with van der Waals surface area (Å²) in [4.78, 5) is 10.8. The molecule has 0 radical (unpaired) electrons. The van der Waals surface area contributed by atoms with Crippen molar-refractivity contribution in [1.29, 1.82) is 0 Å². The second-order valence-corrected chi connectivity index (χ2v) is 15.2. The van der Waals surface area contributed by atoms with Crippen LogP contribution in [-0.4, -0.2) is 24.0 Å². The summed E-state index contributed by atoms with van der Waals surface area (Å²) < 4.78 is 0. The predicted molar refractivity (Wildman–Crippen MR) is 207 cm³/mol. The van der Waals surface area contributed by atoms with Gasteiger partial charge < -0.3 is 15.1 Å². The molecule has 7 aliphatic rings. The molecule has 3 heterocycles. The Balaban J connectivity index is 1.15. The number of hydrogen-bond donors (Lipinski definition) is 1. The van der Waals surface area contributed by atoms with E-state index >= 15 is 0 Å². The highest BCUT2D eigenvalue weighted by Crippen LogP contribution is 2.51. The quantitative estimate of drug-likeness (QED) is 0.278. The van der Waals surface area contributed by atoms with Crippen LogP contribution in [0.2, 0.25) is 0 Å². The lowest BCUT2D eigenvalue weighted by Crippen LogP contribution is -2.38. The highest BCUT2D eigenvalue weighted by molar-refractivity contribution is 6.05. The van der Waals surface area contributed by atoms with Crippen molar-refractivity contribution in [2.75, 3.05) is 9.80 Å². The molecule has 7 atom stereocenters. The van der Waals surface area contributed by atoms with E-state index in [1.165, 1.54) is 79.6 Å². The summed E-state index contributed by atoms with van der Waals surface area (Å²) in [6, 6.07) is 30.1. The van der Waals surface area contributed by atoms with Gasteiger partial charge in [0.25, 0.3) is 0 Å². The minimum absolute atomic E-state index is 0.0758. The minimum atomic E-state index is -0.0758. The summed E-state index contributed by atoms with van der Waals surface area (Å²) in [7, 11) is 0. The summed E-state index contributed by atoms with van der Waals surface area (Å²) in [6.07, 6.45) is 31.7. The molecule has 10 rings (SSSR count). The van der Waals surface area contributed by atoms with Crippen molar-refractivity contribution >= 4 is 22.9 Å². The van der Waals surface area contributed by atoms with Gasteiger partial charge in [-0.05, 0) is 85.9 Å². The molecule has 1 saturated heterocycles. The molecule has 0 amide bonds. The van der Waals surface area contributed by atoms with Crippen LogP contribution in [0.5, 0.6) is 0 Å². The summed E-state index contributed by atoms with van der Waals surface area (Å²) in [6.45, 7) is 0. The average Bonchev–Trinajstić information content (AvgIpc) is 3.71. The largest absolute Gasteiger partial charge is 0.358 e. The Morgan fingerprint density at radius 2 is 1.54 bits per heavy atom. The van der Waals surface area contributed by atoms with Crippen molar-refractivity contribution in [1.82, 2.24) is 5.32 Å². The van der Waals surface area contributed by atoms with E-state index in [1.54, 1.807) is 5.57 Å². The normalized spacial score (nSPS) is 30.7. The van der Waals surface area contributed by atoms with Crippen molar-refractivity contribution in [2.45, 2.75) is 75.5 Å². The molecular weight excluding hydrogens is 609 g/mol. The topological polar surface area (TPSA) is 30.9 Å². The van der Waals surface area contributed by atoms with Gasteiger partial charge in [-0.1, -0.05) is 116 Å². The molecule has 7 unspecified atom stereocenters. The monoisotopic (exact) mass is 654 g/mol. The molecule has 4 heteroatoms. The van der Waals surface area contributed by atoms with Gasteiger partial charge in [-0.3, -0.25) is 4.99 Å². The van der Waals surface area contributed by atoms with Crippen LogP contribution in [0.4, 0.5) is 11.4 Å². The van der Waals surface area contributed by atoms with Crippen LogP contribution in [0.1, 0.15) is 74.1 Å². The van der Waals surface area contributed by atoms with Crippen LogP contribution in [0.25, 0.3) is 5.70 Å². The van der Waals surface area contributed by atoms with Crippen LogP contribution in [0.3, 0.4) is 0 Å². The van der Waals surface area contributed by atoms with Gasteiger partial charge in [0.15, 0.2) is 0 Å². The SMILES string of the molecule is C1=CC2C3CCC=CC3N(c3cc(C4=CC(c5ccccc5)N=C(c5ccccc5)N4)cc(N4C5=C(CCC=C5)C5CCCCC54)c3)C2C=C1. The maximum atomic E-state index is 5.28. The van der Waals surface area contributed by atoms with Crippen LogP contribution in [0.15, 0.2) is 150 Å². The number of amidine groups is 1. The van der Waals surface area contributed by atoms with E-state index < -0.39 is 0 Å². The molecule has 4 nitrogen and oxygen atoms in total. The van der Waals surface area contributed by atoms with Crippen LogP contribution in [-0.2, 0) is 0 Å². The van der Waals surface area contributed by atoms with Crippen molar-refractivity contribution in [3.05, 3.63) is 162 Å². The molecule has 0 bridgehead atoms. The number of aliphatic imine (C=N–C) groups is 1. The van der Waals surface area contributed by atoms with Crippen molar-refractivity contribution < 1.29 is 0 Å². The van der Waals surface area contributed by atoms with E-state index in [0.717, 1.165) is 17.1 Å². The second kappa shape index (κ2) is 12.5.